The first-order chi connectivity index (χ1) is 4.47. The first-order valence-corrected chi connectivity index (χ1v) is 3.16. The lowest BCUT2D eigenvalue weighted by molar-refractivity contribution is 0.654. The maximum absolute atomic E-state index is 4.14. The predicted molar refractivity (Wildman–Crippen MR) is 43.3 cm³/mol. The van der Waals surface area contributed by atoms with Crippen molar-refractivity contribution in [1.82, 2.24) is 10.9 Å². The maximum Gasteiger partial charge on any atom is 0.0485 e. The van der Waals surface area contributed by atoms with Crippen LogP contribution in [-0.4, -0.2) is 19.3 Å². The van der Waals surface area contributed by atoms with Gasteiger partial charge in [0.1, 0.15) is 0 Å². The molecule has 0 radical (unpaired) electrons. The number of nitrogens with zero attached hydrogens (tertiary/aromatic N) is 1. The lowest BCUT2D eigenvalue weighted by atomic mass is 10.1. The molecule has 3 nitrogen and oxygen atoms in total. The number of hydrogen-bond acceptors (Lipinski definition) is 3. The molecule has 1 fully saturated rings. The topological polar surface area (TPSA) is 36.4 Å². The van der Waals surface area contributed by atoms with E-state index in [0.29, 0.717) is 5.92 Å². The molecule has 1 saturated heterocycles. The summed E-state index contributed by atoms with van der Waals surface area (Å²) in [6.07, 6.45) is 3.88. The molecule has 0 amide bonds. The summed E-state index contributed by atoms with van der Waals surface area (Å²) in [5, 5.41) is 0. The quantitative estimate of drug-likeness (QED) is 0.526. The molecule has 4 heteroatoms. The van der Waals surface area contributed by atoms with Crippen molar-refractivity contribution in [3.05, 3.63) is 11.8 Å². The zero-order valence-corrected chi connectivity index (χ0v) is 6.32. The molecule has 2 aliphatic heterocycles. The minimum atomic E-state index is 0. The van der Waals surface area contributed by atoms with Crippen LogP contribution >= 0.6 is 12.4 Å². The highest BCUT2D eigenvalue weighted by Gasteiger charge is 2.20. The summed E-state index contributed by atoms with van der Waals surface area (Å²) >= 11 is 0. The van der Waals surface area contributed by atoms with E-state index in [9.17, 15) is 0 Å². The van der Waals surface area contributed by atoms with Gasteiger partial charge in [0.05, 0.1) is 0 Å². The van der Waals surface area contributed by atoms with E-state index in [1.807, 2.05) is 12.3 Å². The van der Waals surface area contributed by atoms with Crippen molar-refractivity contribution in [3.8, 4) is 0 Å². The molecule has 0 saturated carbocycles. The highest BCUT2D eigenvalue weighted by atomic mass is 35.5. The molecule has 1 unspecified atom stereocenters. The second-order valence-electron chi connectivity index (χ2n) is 2.34. The third-order valence-corrected chi connectivity index (χ3v) is 1.71. The molecule has 0 spiro atoms. The van der Waals surface area contributed by atoms with Crippen LogP contribution in [0.15, 0.2) is 16.8 Å². The predicted octanol–water partition coefficient (Wildman–Crippen LogP) is 0.100. The van der Waals surface area contributed by atoms with Crippen molar-refractivity contribution in [2.45, 2.75) is 0 Å². The van der Waals surface area contributed by atoms with Crippen molar-refractivity contribution in [3.63, 3.8) is 0 Å². The van der Waals surface area contributed by atoms with Crippen LogP contribution in [0.1, 0.15) is 0 Å². The van der Waals surface area contributed by atoms with Crippen LogP contribution in [0.25, 0.3) is 0 Å². The molecule has 56 valence electrons. The van der Waals surface area contributed by atoms with E-state index in [1.165, 1.54) is 5.70 Å². The van der Waals surface area contributed by atoms with Gasteiger partial charge in [0.15, 0.2) is 0 Å². The summed E-state index contributed by atoms with van der Waals surface area (Å²) in [5.74, 6) is 0.606. The van der Waals surface area contributed by atoms with E-state index in [0.717, 1.165) is 13.1 Å². The fourth-order valence-corrected chi connectivity index (χ4v) is 1.15. The van der Waals surface area contributed by atoms with E-state index >= 15 is 0 Å². The average Bonchev–Trinajstić information content (AvgIpc) is 2.33. The normalized spacial score (nSPS) is 28.0. The van der Waals surface area contributed by atoms with Crippen LogP contribution in [0.4, 0.5) is 0 Å². The van der Waals surface area contributed by atoms with Gasteiger partial charge in [-0.3, -0.25) is 4.99 Å². The fraction of sp³-hybridized carbons (Fsp3) is 0.500. The van der Waals surface area contributed by atoms with Gasteiger partial charge in [0.25, 0.3) is 0 Å². The second-order valence-corrected chi connectivity index (χ2v) is 2.34. The summed E-state index contributed by atoms with van der Waals surface area (Å²) in [7, 11) is 0. The third kappa shape index (κ3) is 1.15. The molecular weight excluding hydrogens is 150 g/mol. The monoisotopic (exact) mass is 159 g/mol. The molecule has 0 aromatic rings. The molecular formula is C6H10ClN3. The minimum Gasteiger partial charge on any atom is -0.325 e. The Labute approximate surface area is 66.0 Å². The molecule has 0 aromatic carbocycles. The lowest BCUT2D eigenvalue weighted by Gasteiger charge is -2.08. The summed E-state index contributed by atoms with van der Waals surface area (Å²) in [6.45, 7) is 1.95. The van der Waals surface area contributed by atoms with E-state index < -0.39 is 0 Å². The number of fused-ring (bicyclic) bond motifs is 1. The Hall–Kier alpha value is -0.540. The molecule has 0 aromatic heterocycles. The molecule has 0 bridgehead atoms. The molecule has 2 rings (SSSR count). The van der Waals surface area contributed by atoms with Gasteiger partial charge in [-0.2, -0.15) is 0 Å². The second kappa shape index (κ2) is 3.03. The van der Waals surface area contributed by atoms with Gasteiger partial charge in [-0.15, -0.1) is 12.4 Å². The number of hydrazine groups is 1. The third-order valence-electron chi connectivity index (χ3n) is 1.71. The van der Waals surface area contributed by atoms with Gasteiger partial charge in [0.2, 0.25) is 0 Å². The van der Waals surface area contributed by atoms with Crippen LogP contribution < -0.4 is 10.9 Å². The average molecular weight is 160 g/mol. The highest BCUT2D eigenvalue weighted by molar-refractivity contribution is 5.85. The summed E-state index contributed by atoms with van der Waals surface area (Å²) in [5.41, 5.74) is 7.43. The Kier molecular flexibility index (Phi) is 2.29. The van der Waals surface area contributed by atoms with Gasteiger partial charge in [-0.05, 0) is 6.08 Å². The Morgan fingerprint density at radius 1 is 1.60 bits per heavy atom. The summed E-state index contributed by atoms with van der Waals surface area (Å²) in [4.78, 5) is 4.14. The van der Waals surface area contributed by atoms with Gasteiger partial charge < -0.3 is 5.43 Å². The zero-order valence-electron chi connectivity index (χ0n) is 5.50. The fourth-order valence-electron chi connectivity index (χ4n) is 1.15. The van der Waals surface area contributed by atoms with Crippen LogP contribution in [0.2, 0.25) is 0 Å². The van der Waals surface area contributed by atoms with Gasteiger partial charge >= 0.3 is 0 Å². The smallest absolute Gasteiger partial charge is 0.0485 e. The zero-order chi connectivity index (χ0) is 6.10. The Bertz CT molecular complexity index is 176. The van der Waals surface area contributed by atoms with Gasteiger partial charge in [0, 0.05) is 30.9 Å². The number of dihydropyridines is 1. The molecule has 1 atom stereocenters. The molecule has 2 N–H and O–H groups in total. The van der Waals surface area contributed by atoms with E-state index in [-0.39, 0.29) is 12.4 Å². The van der Waals surface area contributed by atoms with Crippen molar-refractivity contribution >= 4 is 18.6 Å². The molecule has 2 heterocycles. The number of aliphatic imine (C=N–C) groups is 1. The number of hydrogen-bond donors (Lipinski definition) is 2. The van der Waals surface area contributed by atoms with E-state index in [4.69, 9.17) is 0 Å². The van der Waals surface area contributed by atoms with Crippen LogP contribution in [0, 0.1) is 5.92 Å². The standard InChI is InChI=1S/C6H9N3.ClH/c1-2-7-3-5-4-8-9-6(1)5;/h1-2,5,8-9H,3-4H2;1H. The first kappa shape index (κ1) is 7.57. The number of halogens is 1. The minimum absolute atomic E-state index is 0. The number of rotatable bonds is 0. The molecule has 2 aliphatic rings. The van der Waals surface area contributed by atoms with Crippen molar-refractivity contribution in [1.29, 1.82) is 0 Å². The van der Waals surface area contributed by atoms with Crippen LogP contribution in [0.5, 0.6) is 0 Å². The molecule has 10 heavy (non-hydrogen) atoms. The summed E-state index contributed by atoms with van der Waals surface area (Å²) in [6, 6.07) is 0. The van der Waals surface area contributed by atoms with Gasteiger partial charge in [-0.1, -0.05) is 0 Å². The van der Waals surface area contributed by atoms with Crippen molar-refractivity contribution in [2.75, 3.05) is 13.1 Å². The lowest BCUT2D eigenvalue weighted by Crippen LogP contribution is -2.20. The Morgan fingerprint density at radius 3 is 3.30 bits per heavy atom. The van der Waals surface area contributed by atoms with E-state index in [2.05, 4.69) is 15.8 Å². The number of allylic oxidation sites excluding steroid dienone is 1. The Balaban J connectivity index is 0.000000500. The van der Waals surface area contributed by atoms with Crippen molar-refractivity contribution < 1.29 is 0 Å². The van der Waals surface area contributed by atoms with Crippen molar-refractivity contribution in [2.24, 2.45) is 10.9 Å². The van der Waals surface area contributed by atoms with Crippen LogP contribution in [-0.2, 0) is 0 Å². The maximum atomic E-state index is 4.14. The molecule has 0 aliphatic carbocycles. The highest BCUT2D eigenvalue weighted by Crippen LogP contribution is 2.13. The van der Waals surface area contributed by atoms with Gasteiger partial charge in [-0.25, -0.2) is 5.43 Å². The largest absolute Gasteiger partial charge is 0.325 e. The van der Waals surface area contributed by atoms with E-state index in [1.54, 1.807) is 0 Å². The Morgan fingerprint density at radius 2 is 2.50 bits per heavy atom. The van der Waals surface area contributed by atoms with Crippen LogP contribution in [0.3, 0.4) is 0 Å². The SMILES string of the molecule is C1=NCC2CNNC2=C1.Cl. The summed E-state index contributed by atoms with van der Waals surface area (Å²) < 4.78 is 0. The number of nitrogens with one attached hydrogen (secondary N) is 2. The first-order valence-electron chi connectivity index (χ1n) is 3.16.